The van der Waals surface area contributed by atoms with Crippen molar-refractivity contribution in [2.24, 2.45) is 0 Å². The standard InChI is InChI=1S/C22H17F2N3O4/c23-13-8-16(24)15-5-6-26(18(15)9-13)21(30)11-1-2-14-12(7-11)10-27(22(14)31)17-3-4-19(28)25-20(17)29/h1-2,7-9,17H,3-6,10H2,(H,25,28,29). The van der Waals surface area contributed by atoms with Gasteiger partial charge in [-0.15, -0.1) is 0 Å². The summed E-state index contributed by atoms with van der Waals surface area (Å²) in [5, 5.41) is 2.24. The summed E-state index contributed by atoms with van der Waals surface area (Å²) in [5.41, 5.74) is 1.78. The van der Waals surface area contributed by atoms with Crippen LogP contribution in [0, 0.1) is 11.6 Å². The van der Waals surface area contributed by atoms with Crippen molar-refractivity contribution in [2.75, 3.05) is 11.4 Å². The molecule has 3 aliphatic heterocycles. The maximum atomic E-state index is 14.0. The highest BCUT2D eigenvalue weighted by Crippen LogP contribution is 2.33. The molecule has 4 amide bonds. The predicted molar refractivity (Wildman–Crippen MR) is 104 cm³/mol. The minimum atomic E-state index is -0.754. The average molecular weight is 425 g/mol. The van der Waals surface area contributed by atoms with E-state index >= 15 is 0 Å². The van der Waals surface area contributed by atoms with Crippen molar-refractivity contribution in [1.29, 1.82) is 0 Å². The van der Waals surface area contributed by atoms with Crippen LogP contribution in [0.4, 0.5) is 14.5 Å². The van der Waals surface area contributed by atoms with Crippen molar-refractivity contribution in [2.45, 2.75) is 31.8 Å². The Balaban J connectivity index is 1.41. The van der Waals surface area contributed by atoms with Crippen LogP contribution in [0.2, 0.25) is 0 Å². The Labute approximate surface area is 175 Å². The molecule has 3 aliphatic rings. The summed E-state index contributed by atoms with van der Waals surface area (Å²) in [4.78, 5) is 52.1. The van der Waals surface area contributed by atoms with Gasteiger partial charge in [-0.1, -0.05) is 0 Å². The van der Waals surface area contributed by atoms with Gasteiger partial charge in [0.05, 0.1) is 5.69 Å². The molecule has 0 aromatic heterocycles. The van der Waals surface area contributed by atoms with Gasteiger partial charge in [0.1, 0.15) is 17.7 Å². The van der Waals surface area contributed by atoms with Crippen LogP contribution in [-0.2, 0) is 22.6 Å². The first-order valence-electron chi connectivity index (χ1n) is 9.91. The van der Waals surface area contributed by atoms with Gasteiger partial charge < -0.3 is 9.80 Å². The molecule has 1 N–H and O–H groups in total. The molecule has 7 nitrogen and oxygen atoms in total. The van der Waals surface area contributed by atoms with Gasteiger partial charge in [0, 0.05) is 42.3 Å². The number of piperidine rings is 1. The second-order valence-electron chi connectivity index (χ2n) is 7.86. The normalized spacial score (nSPS) is 20.1. The Morgan fingerprint density at radius 2 is 1.87 bits per heavy atom. The van der Waals surface area contributed by atoms with Crippen LogP contribution in [-0.4, -0.2) is 41.1 Å². The molecule has 1 saturated heterocycles. The fourth-order valence-electron chi connectivity index (χ4n) is 4.50. The summed E-state index contributed by atoms with van der Waals surface area (Å²) in [6, 6.07) is 5.81. The molecule has 9 heteroatoms. The van der Waals surface area contributed by atoms with E-state index in [1.54, 1.807) is 6.07 Å². The van der Waals surface area contributed by atoms with Gasteiger partial charge in [0.25, 0.3) is 11.8 Å². The van der Waals surface area contributed by atoms with Crippen LogP contribution in [0.1, 0.15) is 44.7 Å². The Kier molecular flexibility index (Phi) is 4.35. The van der Waals surface area contributed by atoms with Gasteiger partial charge >= 0.3 is 0 Å². The number of nitrogens with one attached hydrogen (secondary N) is 1. The minimum absolute atomic E-state index is 0.140. The number of hydrogen-bond acceptors (Lipinski definition) is 4. The second kappa shape index (κ2) is 6.97. The lowest BCUT2D eigenvalue weighted by molar-refractivity contribution is -0.136. The predicted octanol–water partition coefficient (Wildman–Crippen LogP) is 1.93. The van der Waals surface area contributed by atoms with Crippen molar-refractivity contribution in [3.05, 3.63) is 64.2 Å². The maximum Gasteiger partial charge on any atom is 0.258 e. The molecule has 0 bridgehead atoms. The van der Waals surface area contributed by atoms with Crippen LogP contribution in [0.5, 0.6) is 0 Å². The van der Waals surface area contributed by atoms with E-state index in [9.17, 15) is 28.0 Å². The largest absolute Gasteiger partial charge is 0.322 e. The lowest BCUT2D eigenvalue weighted by Crippen LogP contribution is -2.52. The van der Waals surface area contributed by atoms with E-state index in [1.807, 2.05) is 0 Å². The van der Waals surface area contributed by atoms with Gasteiger partial charge in [0.15, 0.2) is 0 Å². The Hall–Kier alpha value is -3.62. The highest BCUT2D eigenvalue weighted by atomic mass is 19.1. The van der Waals surface area contributed by atoms with Crippen LogP contribution in [0.3, 0.4) is 0 Å². The van der Waals surface area contributed by atoms with Crippen LogP contribution < -0.4 is 10.2 Å². The summed E-state index contributed by atoms with van der Waals surface area (Å²) in [6.07, 6.45) is 0.694. The number of imide groups is 1. The molecule has 158 valence electrons. The number of rotatable bonds is 2. The smallest absolute Gasteiger partial charge is 0.258 e. The van der Waals surface area contributed by atoms with Crippen LogP contribution in [0.15, 0.2) is 30.3 Å². The lowest BCUT2D eigenvalue weighted by Gasteiger charge is -2.29. The SMILES string of the molecule is O=C1CCC(N2Cc3cc(C(=O)N4CCc5c(F)cc(F)cc54)ccc3C2=O)C(=O)N1. The minimum Gasteiger partial charge on any atom is -0.322 e. The van der Waals surface area contributed by atoms with E-state index in [4.69, 9.17) is 0 Å². The van der Waals surface area contributed by atoms with Gasteiger partial charge in [-0.05, 0) is 42.7 Å². The number of fused-ring (bicyclic) bond motifs is 2. The van der Waals surface area contributed by atoms with Gasteiger partial charge in [-0.3, -0.25) is 24.5 Å². The Morgan fingerprint density at radius 3 is 2.65 bits per heavy atom. The highest BCUT2D eigenvalue weighted by molar-refractivity contribution is 6.09. The lowest BCUT2D eigenvalue weighted by atomic mass is 10.0. The Morgan fingerprint density at radius 1 is 1.06 bits per heavy atom. The fourth-order valence-corrected chi connectivity index (χ4v) is 4.50. The maximum absolute atomic E-state index is 14.0. The molecule has 0 radical (unpaired) electrons. The quantitative estimate of drug-likeness (QED) is 0.745. The van der Waals surface area contributed by atoms with Crippen molar-refractivity contribution in [3.8, 4) is 0 Å². The zero-order valence-corrected chi connectivity index (χ0v) is 16.3. The van der Waals surface area contributed by atoms with Crippen molar-refractivity contribution in [3.63, 3.8) is 0 Å². The average Bonchev–Trinajstić information content (AvgIpc) is 3.29. The monoisotopic (exact) mass is 425 g/mol. The highest BCUT2D eigenvalue weighted by Gasteiger charge is 2.39. The van der Waals surface area contributed by atoms with Crippen LogP contribution >= 0.6 is 0 Å². The molecule has 3 heterocycles. The molecule has 5 rings (SSSR count). The molecule has 2 aromatic carbocycles. The van der Waals surface area contributed by atoms with E-state index in [0.717, 1.165) is 12.1 Å². The number of halogens is 2. The van der Waals surface area contributed by atoms with E-state index in [1.165, 1.54) is 21.9 Å². The zero-order chi connectivity index (χ0) is 21.9. The third-order valence-electron chi connectivity index (χ3n) is 6.03. The van der Waals surface area contributed by atoms with E-state index in [2.05, 4.69) is 5.32 Å². The van der Waals surface area contributed by atoms with Crippen molar-refractivity contribution < 1.29 is 28.0 Å². The summed E-state index contributed by atoms with van der Waals surface area (Å²) in [7, 11) is 0. The molecule has 31 heavy (non-hydrogen) atoms. The number of hydrogen-bond donors (Lipinski definition) is 1. The summed E-state index contributed by atoms with van der Waals surface area (Å²) >= 11 is 0. The Bertz CT molecular complexity index is 1180. The molecule has 1 unspecified atom stereocenters. The third-order valence-corrected chi connectivity index (χ3v) is 6.03. The molecular weight excluding hydrogens is 408 g/mol. The van der Waals surface area contributed by atoms with Gasteiger partial charge in [-0.2, -0.15) is 0 Å². The summed E-state index contributed by atoms with van der Waals surface area (Å²) in [5.74, 6) is -3.05. The topological polar surface area (TPSA) is 86.8 Å². The van der Waals surface area contributed by atoms with Crippen molar-refractivity contribution >= 4 is 29.3 Å². The molecule has 0 aliphatic carbocycles. The first-order chi connectivity index (χ1) is 14.8. The van der Waals surface area contributed by atoms with E-state index in [-0.39, 0.29) is 49.0 Å². The second-order valence-corrected chi connectivity index (χ2v) is 7.86. The summed E-state index contributed by atoms with van der Waals surface area (Å²) < 4.78 is 27.7. The number of benzene rings is 2. The number of amides is 4. The van der Waals surface area contributed by atoms with Gasteiger partial charge in [0.2, 0.25) is 11.8 Å². The first kappa shape index (κ1) is 19.3. The molecular formula is C22H17F2N3O4. The molecule has 1 fully saturated rings. The number of carbonyl (C=O) groups is 4. The molecule has 1 atom stereocenters. The first-order valence-corrected chi connectivity index (χ1v) is 9.91. The fraction of sp³-hybridized carbons (Fsp3) is 0.273. The van der Waals surface area contributed by atoms with Gasteiger partial charge in [-0.25, -0.2) is 8.78 Å². The summed E-state index contributed by atoms with van der Waals surface area (Å²) in [6.45, 7) is 0.369. The zero-order valence-electron chi connectivity index (χ0n) is 16.3. The third kappa shape index (κ3) is 3.08. The number of anilines is 1. The molecule has 0 spiro atoms. The molecule has 0 saturated carbocycles. The van der Waals surface area contributed by atoms with E-state index < -0.39 is 29.5 Å². The van der Waals surface area contributed by atoms with Crippen LogP contribution in [0.25, 0.3) is 0 Å². The van der Waals surface area contributed by atoms with Crippen molar-refractivity contribution in [1.82, 2.24) is 10.2 Å². The van der Waals surface area contributed by atoms with E-state index in [0.29, 0.717) is 23.1 Å². The number of carbonyl (C=O) groups excluding carboxylic acids is 4. The molecule has 2 aromatic rings. The number of nitrogens with zero attached hydrogens (tertiary/aromatic N) is 2.